The van der Waals surface area contributed by atoms with Crippen LogP contribution in [-0.2, 0) is 38.1 Å². The Morgan fingerprint density at radius 1 is 0.700 bits per heavy atom. The zero-order chi connectivity index (χ0) is 15.4. The fourth-order valence-electron chi connectivity index (χ4n) is 1.46. The number of methoxy groups -OCH3 is 2. The predicted octanol–water partition coefficient (Wildman–Crippen LogP) is -0.0196. The summed E-state index contributed by atoms with van der Waals surface area (Å²) in [5, 5.41) is 0. The number of hydrogen-bond acceptors (Lipinski definition) is 8. The summed E-state index contributed by atoms with van der Waals surface area (Å²) >= 11 is 0. The minimum absolute atomic E-state index is 0.540. The summed E-state index contributed by atoms with van der Waals surface area (Å²) < 4.78 is 18.8. The van der Waals surface area contributed by atoms with Crippen LogP contribution in [-0.4, -0.2) is 37.7 Å². The van der Waals surface area contributed by atoms with Crippen molar-refractivity contribution in [2.75, 3.05) is 14.2 Å². The van der Waals surface area contributed by atoms with Gasteiger partial charge in [0.2, 0.25) is 23.0 Å². The van der Waals surface area contributed by atoms with Crippen molar-refractivity contribution in [3.63, 3.8) is 0 Å². The molecular formula is C12H12O8. The maximum Gasteiger partial charge on any atom is 0.308 e. The molecule has 0 atom stereocenters. The molecule has 0 spiro atoms. The molecule has 8 nitrogen and oxygen atoms in total. The Morgan fingerprint density at radius 3 is 1.20 bits per heavy atom. The number of hydrogen-bond donors (Lipinski definition) is 0. The van der Waals surface area contributed by atoms with Crippen molar-refractivity contribution >= 4 is 23.5 Å². The minimum Gasteiger partial charge on any atom is -0.489 e. The molecular weight excluding hydrogens is 272 g/mol. The largest absolute Gasteiger partial charge is 0.489 e. The van der Waals surface area contributed by atoms with Gasteiger partial charge in [0, 0.05) is 13.8 Å². The molecule has 0 aromatic carbocycles. The maximum absolute atomic E-state index is 12.1. The zero-order valence-electron chi connectivity index (χ0n) is 11.3. The first-order valence-corrected chi connectivity index (χ1v) is 5.36. The van der Waals surface area contributed by atoms with E-state index >= 15 is 0 Å². The first-order chi connectivity index (χ1) is 9.33. The van der Waals surface area contributed by atoms with Crippen molar-refractivity contribution in [3.8, 4) is 0 Å². The van der Waals surface area contributed by atoms with E-state index in [2.05, 4.69) is 9.47 Å². The number of rotatable bonds is 4. The van der Waals surface area contributed by atoms with Crippen LogP contribution in [0, 0.1) is 0 Å². The number of ether oxygens (including phenoxy) is 4. The molecule has 0 aromatic rings. The normalized spacial score (nSPS) is 15.2. The lowest BCUT2D eigenvalue weighted by molar-refractivity contribution is -0.144. The predicted molar refractivity (Wildman–Crippen MR) is 61.6 cm³/mol. The van der Waals surface area contributed by atoms with Crippen molar-refractivity contribution in [3.05, 3.63) is 23.0 Å². The molecule has 0 saturated carbocycles. The van der Waals surface area contributed by atoms with Gasteiger partial charge in [-0.1, -0.05) is 0 Å². The Hall–Kier alpha value is -2.64. The monoisotopic (exact) mass is 284 g/mol. The van der Waals surface area contributed by atoms with Gasteiger partial charge in [-0.2, -0.15) is 0 Å². The van der Waals surface area contributed by atoms with Gasteiger partial charge in [0.25, 0.3) is 11.6 Å². The molecule has 0 fully saturated rings. The van der Waals surface area contributed by atoms with Crippen molar-refractivity contribution in [1.29, 1.82) is 0 Å². The number of ketones is 2. The number of esters is 2. The molecule has 0 aromatic heterocycles. The van der Waals surface area contributed by atoms with Gasteiger partial charge >= 0.3 is 11.9 Å². The third kappa shape index (κ3) is 2.85. The molecule has 0 saturated heterocycles. The molecule has 1 aliphatic carbocycles. The summed E-state index contributed by atoms with van der Waals surface area (Å²) in [6.45, 7) is 2.10. The maximum atomic E-state index is 12.1. The van der Waals surface area contributed by atoms with Crippen LogP contribution in [0.1, 0.15) is 13.8 Å². The molecule has 0 aliphatic heterocycles. The van der Waals surface area contributed by atoms with Gasteiger partial charge in [-0.15, -0.1) is 0 Å². The van der Waals surface area contributed by atoms with Crippen LogP contribution in [0.5, 0.6) is 0 Å². The molecule has 1 rings (SSSR count). The average Bonchev–Trinajstić information content (AvgIpc) is 2.35. The Balaban J connectivity index is 3.38. The van der Waals surface area contributed by atoms with Crippen molar-refractivity contribution in [2.45, 2.75) is 13.8 Å². The van der Waals surface area contributed by atoms with Crippen LogP contribution in [0.25, 0.3) is 0 Å². The Labute approximate surface area is 113 Å². The lowest BCUT2D eigenvalue weighted by Crippen LogP contribution is -2.29. The van der Waals surface area contributed by atoms with Gasteiger partial charge in [-0.05, 0) is 0 Å². The summed E-state index contributed by atoms with van der Waals surface area (Å²) in [5.74, 6) is -5.81. The summed E-state index contributed by atoms with van der Waals surface area (Å²) in [6, 6.07) is 0. The second kappa shape index (κ2) is 6.00. The Bertz CT molecular complexity index is 502. The van der Waals surface area contributed by atoms with E-state index in [4.69, 9.17) is 9.47 Å². The third-order valence-corrected chi connectivity index (χ3v) is 2.14. The second-order valence-corrected chi connectivity index (χ2v) is 3.57. The average molecular weight is 284 g/mol. The van der Waals surface area contributed by atoms with Crippen LogP contribution in [0.3, 0.4) is 0 Å². The SMILES string of the molecule is COC1=C(OC(C)=O)C(=O)C(OC)=C(OC(C)=O)C1=O. The molecule has 108 valence electrons. The van der Waals surface area contributed by atoms with Gasteiger partial charge in [0.15, 0.2) is 0 Å². The second-order valence-electron chi connectivity index (χ2n) is 3.57. The summed E-state index contributed by atoms with van der Waals surface area (Å²) in [6.07, 6.45) is 0. The zero-order valence-corrected chi connectivity index (χ0v) is 11.3. The first kappa shape index (κ1) is 15.4. The van der Waals surface area contributed by atoms with E-state index in [-0.39, 0.29) is 0 Å². The summed E-state index contributed by atoms with van der Waals surface area (Å²) in [4.78, 5) is 46.0. The van der Waals surface area contributed by atoms with Gasteiger partial charge in [-0.25, -0.2) is 0 Å². The van der Waals surface area contributed by atoms with Gasteiger partial charge in [0.1, 0.15) is 0 Å². The molecule has 0 N–H and O–H groups in total. The molecule has 8 heteroatoms. The molecule has 0 amide bonds. The van der Waals surface area contributed by atoms with E-state index < -0.39 is 46.5 Å². The number of Topliss-reactive ketones (excluding diaryl/α,β-unsaturated/α-hetero) is 2. The highest BCUT2D eigenvalue weighted by atomic mass is 16.6. The highest BCUT2D eigenvalue weighted by molar-refractivity contribution is 6.22. The minimum atomic E-state index is -0.935. The molecule has 0 heterocycles. The standard InChI is InChI=1S/C12H12O8/c1-5(13)19-11-7(15)10(18-4)12(20-6(2)14)8(16)9(11)17-3/h1-4H3. The highest BCUT2D eigenvalue weighted by Crippen LogP contribution is 2.27. The van der Waals surface area contributed by atoms with Crippen LogP contribution < -0.4 is 0 Å². The summed E-state index contributed by atoms with van der Waals surface area (Å²) in [7, 11) is 2.21. The molecule has 0 radical (unpaired) electrons. The first-order valence-electron chi connectivity index (χ1n) is 5.36. The van der Waals surface area contributed by atoms with Crippen molar-refractivity contribution < 1.29 is 38.1 Å². The van der Waals surface area contributed by atoms with Crippen LogP contribution >= 0.6 is 0 Å². The van der Waals surface area contributed by atoms with Crippen molar-refractivity contribution in [1.82, 2.24) is 0 Å². The van der Waals surface area contributed by atoms with Gasteiger partial charge in [0.05, 0.1) is 14.2 Å². The molecule has 1 aliphatic rings. The van der Waals surface area contributed by atoms with E-state index in [1.807, 2.05) is 0 Å². The number of carbonyl (C=O) groups excluding carboxylic acids is 4. The van der Waals surface area contributed by atoms with E-state index in [9.17, 15) is 19.2 Å². The lowest BCUT2D eigenvalue weighted by Gasteiger charge is -2.19. The van der Waals surface area contributed by atoms with Crippen LogP contribution in [0.15, 0.2) is 23.0 Å². The summed E-state index contributed by atoms with van der Waals surface area (Å²) in [5.41, 5.74) is 0. The molecule has 0 unspecified atom stereocenters. The van der Waals surface area contributed by atoms with E-state index in [0.717, 1.165) is 28.1 Å². The van der Waals surface area contributed by atoms with Crippen LogP contribution in [0.2, 0.25) is 0 Å². The third-order valence-electron chi connectivity index (χ3n) is 2.14. The smallest absolute Gasteiger partial charge is 0.308 e. The van der Waals surface area contributed by atoms with Gasteiger partial charge in [-0.3, -0.25) is 19.2 Å². The molecule has 20 heavy (non-hydrogen) atoms. The van der Waals surface area contributed by atoms with Crippen molar-refractivity contribution in [2.24, 2.45) is 0 Å². The quantitative estimate of drug-likeness (QED) is 0.524. The fourth-order valence-corrected chi connectivity index (χ4v) is 1.46. The van der Waals surface area contributed by atoms with E-state index in [1.165, 1.54) is 0 Å². The highest BCUT2D eigenvalue weighted by Gasteiger charge is 2.41. The fraction of sp³-hybridized carbons (Fsp3) is 0.333. The van der Waals surface area contributed by atoms with Crippen LogP contribution in [0.4, 0.5) is 0 Å². The Kier molecular flexibility index (Phi) is 4.63. The Morgan fingerprint density at radius 2 is 1.00 bits per heavy atom. The lowest BCUT2D eigenvalue weighted by atomic mass is 10.1. The topological polar surface area (TPSA) is 105 Å². The van der Waals surface area contributed by atoms with E-state index in [0.29, 0.717) is 0 Å². The molecule has 0 bridgehead atoms. The van der Waals surface area contributed by atoms with Gasteiger partial charge < -0.3 is 18.9 Å². The number of carbonyl (C=O) groups is 4. The van der Waals surface area contributed by atoms with E-state index in [1.54, 1.807) is 0 Å².